The number of fused-ring (bicyclic) bond motifs is 1. The topological polar surface area (TPSA) is 70.5 Å². The summed E-state index contributed by atoms with van der Waals surface area (Å²) in [7, 11) is 3.91. The molecule has 1 N–H and O–H groups in total. The van der Waals surface area contributed by atoms with Crippen molar-refractivity contribution in [3.05, 3.63) is 30.1 Å². The molecule has 1 amide bonds. The van der Waals surface area contributed by atoms with Crippen molar-refractivity contribution in [1.29, 1.82) is 0 Å². The summed E-state index contributed by atoms with van der Waals surface area (Å²) in [5.74, 6) is 0.953. The third-order valence-electron chi connectivity index (χ3n) is 3.59. The molecule has 108 valence electrons. The van der Waals surface area contributed by atoms with Gasteiger partial charge in [0.25, 0.3) is 0 Å². The predicted octanol–water partition coefficient (Wildman–Crippen LogP) is 1.56. The van der Waals surface area contributed by atoms with E-state index in [1.165, 1.54) is 0 Å². The molecule has 1 aliphatic heterocycles. The van der Waals surface area contributed by atoms with Crippen molar-refractivity contribution in [3.8, 4) is 0 Å². The van der Waals surface area contributed by atoms with Gasteiger partial charge in [-0.1, -0.05) is 13.0 Å². The van der Waals surface area contributed by atoms with E-state index < -0.39 is 0 Å². The fourth-order valence-corrected chi connectivity index (χ4v) is 2.56. The maximum absolute atomic E-state index is 11.3. The Morgan fingerprint density at radius 2 is 2.10 bits per heavy atom. The van der Waals surface area contributed by atoms with Crippen LogP contribution in [0.5, 0.6) is 0 Å². The lowest BCUT2D eigenvalue weighted by molar-refractivity contribution is -0.121. The van der Waals surface area contributed by atoms with E-state index in [9.17, 15) is 4.79 Å². The summed E-state index contributed by atoms with van der Waals surface area (Å²) in [4.78, 5) is 21.9. The zero-order valence-electron chi connectivity index (χ0n) is 12.3. The van der Waals surface area contributed by atoms with Gasteiger partial charge in [-0.15, -0.1) is 0 Å². The van der Waals surface area contributed by atoms with Crippen LogP contribution in [0.3, 0.4) is 0 Å². The highest BCUT2D eigenvalue weighted by Crippen LogP contribution is 2.24. The first-order chi connectivity index (χ1) is 10.1. The molecule has 2 aromatic rings. The van der Waals surface area contributed by atoms with Crippen LogP contribution >= 0.6 is 0 Å². The van der Waals surface area contributed by atoms with E-state index in [2.05, 4.69) is 20.5 Å². The summed E-state index contributed by atoms with van der Waals surface area (Å²) in [6, 6.07) is 6.01. The third-order valence-corrected chi connectivity index (χ3v) is 3.59. The number of anilines is 1. The minimum atomic E-state index is -0.0377. The lowest BCUT2D eigenvalue weighted by atomic mass is 9.93. The van der Waals surface area contributed by atoms with Gasteiger partial charge in [-0.2, -0.15) is 5.10 Å². The van der Waals surface area contributed by atoms with E-state index in [4.69, 9.17) is 0 Å². The predicted molar refractivity (Wildman–Crippen MR) is 82.3 cm³/mol. The van der Waals surface area contributed by atoms with Crippen LogP contribution in [-0.4, -0.2) is 35.7 Å². The van der Waals surface area contributed by atoms with Crippen molar-refractivity contribution >= 4 is 28.3 Å². The number of benzene rings is 1. The molecule has 6 nitrogen and oxygen atoms in total. The van der Waals surface area contributed by atoms with Gasteiger partial charge in [0.05, 0.1) is 11.2 Å². The van der Waals surface area contributed by atoms with E-state index in [1.807, 2.05) is 44.1 Å². The Kier molecular flexibility index (Phi) is 3.29. The standard InChI is InChI=1S/C15H17N5O/c1-9-6-13(21)18-19-14(9)10-4-5-11-12(7-10)16-8-17-15(11)20(2)3/h4-5,7-9H,6H2,1-3H3,(H,18,21). The fraction of sp³-hybridized carbons (Fsp3) is 0.333. The van der Waals surface area contributed by atoms with Crippen LogP contribution in [0.15, 0.2) is 29.6 Å². The molecule has 1 aromatic carbocycles. The van der Waals surface area contributed by atoms with Crippen LogP contribution in [0.4, 0.5) is 5.82 Å². The molecule has 1 aromatic heterocycles. The lowest BCUT2D eigenvalue weighted by Crippen LogP contribution is -2.31. The average molecular weight is 283 g/mol. The van der Waals surface area contributed by atoms with E-state index in [1.54, 1.807) is 6.33 Å². The van der Waals surface area contributed by atoms with E-state index in [0.29, 0.717) is 6.42 Å². The van der Waals surface area contributed by atoms with Gasteiger partial charge in [-0.25, -0.2) is 15.4 Å². The molecule has 21 heavy (non-hydrogen) atoms. The van der Waals surface area contributed by atoms with Gasteiger partial charge < -0.3 is 4.90 Å². The second-order valence-corrected chi connectivity index (χ2v) is 5.46. The average Bonchev–Trinajstić information content (AvgIpc) is 2.46. The molecule has 1 aliphatic rings. The third kappa shape index (κ3) is 2.44. The van der Waals surface area contributed by atoms with E-state index in [0.717, 1.165) is 28.0 Å². The zero-order valence-corrected chi connectivity index (χ0v) is 12.3. The number of amides is 1. The minimum Gasteiger partial charge on any atom is -0.362 e. The molecule has 0 fully saturated rings. The maximum Gasteiger partial charge on any atom is 0.240 e. The molecule has 2 heterocycles. The van der Waals surface area contributed by atoms with Crippen molar-refractivity contribution in [3.63, 3.8) is 0 Å². The van der Waals surface area contributed by atoms with Crippen molar-refractivity contribution < 1.29 is 4.79 Å². The number of carbonyl (C=O) groups excluding carboxylic acids is 1. The largest absolute Gasteiger partial charge is 0.362 e. The molecular formula is C15H17N5O. The number of hydrazone groups is 1. The van der Waals surface area contributed by atoms with Gasteiger partial charge in [0.1, 0.15) is 12.1 Å². The van der Waals surface area contributed by atoms with Crippen LogP contribution < -0.4 is 10.3 Å². The van der Waals surface area contributed by atoms with Crippen LogP contribution in [0, 0.1) is 5.92 Å². The molecule has 0 bridgehead atoms. The van der Waals surface area contributed by atoms with Crippen molar-refractivity contribution in [2.75, 3.05) is 19.0 Å². The van der Waals surface area contributed by atoms with Gasteiger partial charge in [0, 0.05) is 37.4 Å². The second kappa shape index (κ2) is 5.12. The molecule has 0 radical (unpaired) electrons. The van der Waals surface area contributed by atoms with E-state index >= 15 is 0 Å². The Bertz CT molecular complexity index is 738. The first kappa shape index (κ1) is 13.5. The quantitative estimate of drug-likeness (QED) is 0.908. The molecule has 1 unspecified atom stereocenters. The minimum absolute atomic E-state index is 0.0377. The molecule has 1 atom stereocenters. The highest BCUT2D eigenvalue weighted by atomic mass is 16.2. The van der Waals surface area contributed by atoms with E-state index in [-0.39, 0.29) is 11.8 Å². The summed E-state index contributed by atoms with van der Waals surface area (Å²) in [6.07, 6.45) is 2.03. The Labute approximate surface area is 122 Å². The summed E-state index contributed by atoms with van der Waals surface area (Å²) in [5.41, 5.74) is 5.29. The zero-order chi connectivity index (χ0) is 15.0. The van der Waals surface area contributed by atoms with Crippen LogP contribution in [-0.2, 0) is 4.79 Å². The van der Waals surface area contributed by atoms with Gasteiger partial charge in [0.15, 0.2) is 0 Å². The van der Waals surface area contributed by atoms with Gasteiger partial charge >= 0.3 is 0 Å². The first-order valence-corrected chi connectivity index (χ1v) is 6.85. The van der Waals surface area contributed by atoms with Crippen LogP contribution in [0.1, 0.15) is 18.9 Å². The maximum atomic E-state index is 11.3. The fourth-order valence-electron chi connectivity index (χ4n) is 2.56. The van der Waals surface area contributed by atoms with Gasteiger partial charge in [-0.3, -0.25) is 4.79 Å². The summed E-state index contributed by atoms with van der Waals surface area (Å²) in [5, 5.41) is 5.19. The van der Waals surface area contributed by atoms with Crippen molar-refractivity contribution in [1.82, 2.24) is 15.4 Å². The SMILES string of the molecule is CC1CC(=O)NN=C1c1ccc2c(N(C)C)ncnc2c1. The number of rotatable bonds is 2. The van der Waals surface area contributed by atoms with Crippen LogP contribution in [0.25, 0.3) is 10.9 Å². The highest BCUT2D eigenvalue weighted by Gasteiger charge is 2.22. The molecule has 0 aliphatic carbocycles. The molecule has 0 saturated heterocycles. The normalized spacial score (nSPS) is 18.3. The number of hydrogen-bond donors (Lipinski definition) is 1. The second-order valence-electron chi connectivity index (χ2n) is 5.46. The summed E-state index contributed by atoms with van der Waals surface area (Å²) >= 11 is 0. The smallest absolute Gasteiger partial charge is 0.240 e. The van der Waals surface area contributed by atoms with Gasteiger partial charge in [0.2, 0.25) is 5.91 Å². The Balaban J connectivity index is 2.08. The van der Waals surface area contributed by atoms with Crippen molar-refractivity contribution in [2.45, 2.75) is 13.3 Å². The Morgan fingerprint density at radius 3 is 2.81 bits per heavy atom. The monoisotopic (exact) mass is 283 g/mol. The molecule has 3 rings (SSSR count). The lowest BCUT2D eigenvalue weighted by Gasteiger charge is -2.19. The van der Waals surface area contributed by atoms with Gasteiger partial charge in [-0.05, 0) is 12.1 Å². The number of hydrogen-bond acceptors (Lipinski definition) is 5. The molecular weight excluding hydrogens is 266 g/mol. The number of aromatic nitrogens is 2. The number of carbonyl (C=O) groups is 1. The summed E-state index contributed by atoms with van der Waals surface area (Å²) in [6.45, 7) is 2.01. The molecule has 6 heteroatoms. The first-order valence-electron chi connectivity index (χ1n) is 6.85. The summed E-state index contributed by atoms with van der Waals surface area (Å²) < 4.78 is 0. The van der Waals surface area contributed by atoms with Crippen molar-refractivity contribution in [2.24, 2.45) is 11.0 Å². The number of nitrogens with zero attached hydrogens (tertiary/aromatic N) is 4. The molecule has 0 spiro atoms. The Morgan fingerprint density at radius 1 is 1.29 bits per heavy atom. The van der Waals surface area contributed by atoms with Crippen LogP contribution in [0.2, 0.25) is 0 Å². The highest BCUT2D eigenvalue weighted by molar-refractivity contribution is 6.07. The Hall–Kier alpha value is -2.50. The molecule has 0 saturated carbocycles. The number of nitrogens with one attached hydrogen (secondary N) is 1.